The van der Waals surface area contributed by atoms with Crippen LogP contribution in [0.1, 0.15) is 38.7 Å². The van der Waals surface area contributed by atoms with Gasteiger partial charge in [0.2, 0.25) is 5.91 Å². The Balaban J connectivity index is 1.79. The SMILES string of the molecule is CC1(C)CN(C(=O)C2CCC2N)CCC1(O)c1ccc(Cl)cc1. The van der Waals surface area contributed by atoms with Gasteiger partial charge in [-0.3, -0.25) is 4.79 Å². The molecule has 1 heterocycles. The minimum Gasteiger partial charge on any atom is -0.384 e. The lowest BCUT2D eigenvalue weighted by atomic mass is 9.66. The first-order valence-electron chi connectivity index (χ1n) is 8.27. The molecule has 1 amide bonds. The van der Waals surface area contributed by atoms with Crippen LogP contribution in [-0.2, 0) is 10.4 Å². The van der Waals surface area contributed by atoms with Crippen molar-refractivity contribution in [2.45, 2.75) is 44.8 Å². The molecule has 3 unspecified atom stereocenters. The van der Waals surface area contributed by atoms with Crippen molar-refractivity contribution in [2.24, 2.45) is 17.1 Å². The Morgan fingerprint density at radius 2 is 1.96 bits per heavy atom. The van der Waals surface area contributed by atoms with E-state index in [1.165, 1.54) is 0 Å². The summed E-state index contributed by atoms with van der Waals surface area (Å²) < 4.78 is 0. The first kappa shape index (κ1) is 16.7. The van der Waals surface area contributed by atoms with E-state index in [4.69, 9.17) is 17.3 Å². The number of carbonyl (C=O) groups is 1. The summed E-state index contributed by atoms with van der Waals surface area (Å²) in [7, 11) is 0. The van der Waals surface area contributed by atoms with Crippen molar-refractivity contribution in [3.63, 3.8) is 0 Å². The zero-order valence-corrected chi connectivity index (χ0v) is 14.5. The van der Waals surface area contributed by atoms with Crippen molar-refractivity contribution in [3.8, 4) is 0 Å². The van der Waals surface area contributed by atoms with Crippen LogP contribution >= 0.6 is 11.6 Å². The molecular weight excluding hydrogens is 312 g/mol. The summed E-state index contributed by atoms with van der Waals surface area (Å²) in [6.45, 7) is 5.13. The Bertz CT molecular complexity index is 602. The van der Waals surface area contributed by atoms with Crippen LogP contribution in [0.25, 0.3) is 0 Å². The molecule has 4 nitrogen and oxygen atoms in total. The molecule has 1 saturated carbocycles. The molecule has 1 aromatic carbocycles. The number of rotatable bonds is 2. The standard InChI is InChI=1S/C18H25ClN2O2/c1-17(2)11-21(16(22)14-7-8-15(14)20)10-9-18(17,23)12-3-5-13(19)6-4-12/h3-6,14-15,23H,7-11,20H2,1-2H3. The molecule has 5 heteroatoms. The molecule has 1 aromatic rings. The highest BCUT2D eigenvalue weighted by Crippen LogP contribution is 2.46. The monoisotopic (exact) mass is 336 g/mol. The fourth-order valence-electron chi connectivity index (χ4n) is 3.84. The molecule has 1 aliphatic carbocycles. The summed E-state index contributed by atoms with van der Waals surface area (Å²) in [4.78, 5) is 14.5. The van der Waals surface area contributed by atoms with Crippen molar-refractivity contribution >= 4 is 17.5 Å². The average molecular weight is 337 g/mol. The molecule has 1 saturated heterocycles. The van der Waals surface area contributed by atoms with Gasteiger partial charge in [0.15, 0.2) is 0 Å². The van der Waals surface area contributed by atoms with Gasteiger partial charge >= 0.3 is 0 Å². The molecule has 0 radical (unpaired) electrons. The van der Waals surface area contributed by atoms with Gasteiger partial charge in [0.25, 0.3) is 0 Å². The number of halogens is 1. The molecule has 2 fully saturated rings. The first-order valence-corrected chi connectivity index (χ1v) is 8.65. The number of nitrogens with zero attached hydrogens (tertiary/aromatic N) is 1. The number of aliphatic hydroxyl groups is 1. The summed E-state index contributed by atoms with van der Waals surface area (Å²) in [5, 5.41) is 12.0. The first-order chi connectivity index (χ1) is 10.7. The Morgan fingerprint density at radius 1 is 1.30 bits per heavy atom. The number of carbonyl (C=O) groups excluding carboxylic acids is 1. The van der Waals surface area contributed by atoms with E-state index in [1.807, 2.05) is 30.9 Å². The summed E-state index contributed by atoms with van der Waals surface area (Å²) >= 11 is 5.96. The van der Waals surface area contributed by atoms with Crippen molar-refractivity contribution in [2.75, 3.05) is 13.1 Å². The molecule has 126 valence electrons. The zero-order valence-electron chi connectivity index (χ0n) is 13.8. The zero-order chi connectivity index (χ0) is 16.8. The van der Waals surface area contributed by atoms with E-state index < -0.39 is 11.0 Å². The lowest BCUT2D eigenvalue weighted by Crippen LogP contribution is -2.59. The number of piperidine rings is 1. The molecule has 1 aliphatic heterocycles. The lowest BCUT2D eigenvalue weighted by Gasteiger charge is -2.51. The Kier molecular flexibility index (Phi) is 4.20. The predicted octanol–water partition coefficient (Wildman–Crippen LogP) is 2.52. The average Bonchev–Trinajstić information content (AvgIpc) is 2.49. The van der Waals surface area contributed by atoms with Crippen LogP contribution in [0, 0.1) is 11.3 Å². The molecule has 3 rings (SSSR count). The van der Waals surface area contributed by atoms with Crippen molar-refractivity contribution in [1.29, 1.82) is 0 Å². The fourth-order valence-corrected chi connectivity index (χ4v) is 3.96. The summed E-state index contributed by atoms with van der Waals surface area (Å²) in [6, 6.07) is 7.36. The van der Waals surface area contributed by atoms with Crippen molar-refractivity contribution in [3.05, 3.63) is 34.9 Å². The van der Waals surface area contributed by atoms with Gasteiger partial charge in [0, 0.05) is 29.6 Å². The van der Waals surface area contributed by atoms with Gasteiger partial charge in [-0.15, -0.1) is 0 Å². The maximum absolute atomic E-state index is 12.6. The molecule has 3 N–H and O–H groups in total. The normalized spacial score (nSPS) is 33.2. The quantitative estimate of drug-likeness (QED) is 0.872. The molecule has 0 aromatic heterocycles. The van der Waals surface area contributed by atoms with E-state index >= 15 is 0 Å². The second kappa shape index (κ2) is 5.76. The maximum Gasteiger partial charge on any atom is 0.227 e. The van der Waals surface area contributed by atoms with Gasteiger partial charge in [-0.25, -0.2) is 0 Å². The van der Waals surface area contributed by atoms with Crippen molar-refractivity contribution < 1.29 is 9.90 Å². The van der Waals surface area contributed by atoms with Gasteiger partial charge in [0.1, 0.15) is 0 Å². The van der Waals surface area contributed by atoms with Crippen LogP contribution in [0.15, 0.2) is 24.3 Å². The highest BCUT2D eigenvalue weighted by Gasteiger charge is 2.50. The van der Waals surface area contributed by atoms with E-state index in [1.54, 1.807) is 12.1 Å². The molecule has 0 spiro atoms. The predicted molar refractivity (Wildman–Crippen MR) is 91.0 cm³/mol. The Hall–Kier alpha value is -1.10. The minimum atomic E-state index is -0.962. The van der Waals surface area contributed by atoms with Gasteiger partial charge in [-0.2, -0.15) is 0 Å². The largest absolute Gasteiger partial charge is 0.384 e. The van der Waals surface area contributed by atoms with Crippen molar-refractivity contribution in [1.82, 2.24) is 4.90 Å². The van der Waals surface area contributed by atoms with Crippen LogP contribution in [0.2, 0.25) is 5.02 Å². The second-order valence-corrected chi connectivity index (χ2v) is 8.04. The summed E-state index contributed by atoms with van der Waals surface area (Å²) in [6.07, 6.45) is 2.34. The number of benzene rings is 1. The van der Waals surface area contributed by atoms with Crippen LogP contribution in [0.3, 0.4) is 0 Å². The van der Waals surface area contributed by atoms with E-state index in [0.29, 0.717) is 24.5 Å². The molecule has 0 bridgehead atoms. The fraction of sp³-hybridized carbons (Fsp3) is 0.611. The van der Waals surface area contributed by atoms with E-state index in [0.717, 1.165) is 18.4 Å². The van der Waals surface area contributed by atoms with Gasteiger partial charge in [-0.05, 0) is 37.0 Å². The third-order valence-electron chi connectivity index (χ3n) is 5.73. The number of hydrogen-bond donors (Lipinski definition) is 2. The number of nitrogens with two attached hydrogens (primary N) is 1. The van der Waals surface area contributed by atoms with Crippen LogP contribution in [0.4, 0.5) is 0 Å². The third kappa shape index (κ3) is 2.77. The van der Waals surface area contributed by atoms with E-state index in [2.05, 4.69) is 0 Å². The highest BCUT2D eigenvalue weighted by atomic mass is 35.5. The molecular formula is C18H25ClN2O2. The van der Waals surface area contributed by atoms with Gasteiger partial charge < -0.3 is 15.7 Å². The second-order valence-electron chi connectivity index (χ2n) is 7.61. The number of likely N-dealkylation sites (tertiary alicyclic amines) is 1. The Labute approximate surface area is 142 Å². The topological polar surface area (TPSA) is 66.6 Å². The minimum absolute atomic E-state index is 0.00249. The van der Waals surface area contributed by atoms with Gasteiger partial charge in [0.05, 0.1) is 11.5 Å². The third-order valence-corrected chi connectivity index (χ3v) is 5.98. The summed E-state index contributed by atoms with van der Waals surface area (Å²) in [5.74, 6) is 0.113. The lowest BCUT2D eigenvalue weighted by molar-refractivity contribution is -0.159. The van der Waals surface area contributed by atoms with Gasteiger partial charge in [-0.1, -0.05) is 37.6 Å². The van der Waals surface area contributed by atoms with Crippen LogP contribution in [0.5, 0.6) is 0 Å². The molecule has 3 atom stereocenters. The number of hydrogen-bond acceptors (Lipinski definition) is 3. The van der Waals surface area contributed by atoms with E-state index in [9.17, 15) is 9.90 Å². The smallest absolute Gasteiger partial charge is 0.227 e. The highest BCUT2D eigenvalue weighted by molar-refractivity contribution is 6.30. The van der Waals surface area contributed by atoms with Crippen LogP contribution in [-0.4, -0.2) is 35.0 Å². The van der Waals surface area contributed by atoms with Crippen LogP contribution < -0.4 is 5.73 Å². The number of amides is 1. The summed E-state index contributed by atoms with van der Waals surface area (Å²) in [5.41, 5.74) is 5.40. The van der Waals surface area contributed by atoms with E-state index in [-0.39, 0.29) is 17.9 Å². The Morgan fingerprint density at radius 3 is 2.43 bits per heavy atom. The molecule has 2 aliphatic rings. The molecule has 23 heavy (non-hydrogen) atoms. The maximum atomic E-state index is 12.6.